The van der Waals surface area contributed by atoms with Gasteiger partial charge in [-0.2, -0.15) is 0 Å². The van der Waals surface area contributed by atoms with Crippen molar-refractivity contribution in [1.82, 2.24) is 19.7 Å². The quantitative estimate of drug-likeness (QED) is 0.668. The van der Waals surface area contributed by atoms with Crippen molar-refractivity contribution in [1.29, 1.82) is 0 Å². The van der Waals surface area contributed by atoms with E-state index >= 15 is 0 Å². The third-order valence-corrected chi connectivity index (χ3v) is 7.06. The van der Waals surface area contributed by atoms with Gasteiger partial charge in [0.2, 0.25) is 11.8 Å². The van der Waals surface area contributed by atoms with E-state index < -0.39 is 17.6 Å². The van der Waals surface area contributed by atoms with Gasteiger partial charge >= 0.3 is 6.09 Å². The molecule has 3 fully saturated rings. The highest BCUT2D eigenvalue weighted by atomic mass is 16.6. The number of hydrogen-bond acceptors (Lipinski definition) is 6. The molecule has 1 aromatic heterocycles. The highest BCUT2D eigenvalue weighted by Crippen LogP contribution is 2.54. The number of rotatable bonds is 2. The number of nitrogens with one attached hydrogen (secondary N) is 1. The summed E-state index contributed by atoms with van der Waals surface area (Å²) in [5, 5.41) is 2.27. The molecule has 4 heterocycles. The second-order valence-corrected chi connectivity index (χ2v) is 10.7. The molecule has 3 aliphatic heterocycles. The van der Waals surface area contributed by atoms with Crippen molar-refractivity contribution in [2.24, 2.45) is 5.41 Å². The van der Waals surface area contributed by atoms with Crippen LogP contribution in [0.1, 0.15) is 68.4 Å². The number of likely N-dealkylation sites (tertiary alicyclic amines) is 1. The van der Waals surface area contributed by atoms with Crippen LogP contribution in [0.5, 0.6) is 0 Å². The number of pyridine rings is 1. The molecule has 10 nitrogen and oxygen atoms in total. The molecule has 10 heteroatoms. The van der Waals surface area contributed by atoms with Gasteiger partial charge in [0.1, 0.15) is 11.6 Å². The first-order valence-corrected chi connectivity index (χ1v) is 11.3. The van der Waals surface area contributed by atoms with Gasteiger partial charge < -0.3 is 19.1 Å². The van der Waals surface area contributed by atoms with E-state index in [0.29, 0.717) is 24.2 Å². The van der Waals surface area contributed by atoms with Gasteiger partial charge in [0, 0.05) is 42.7 Å². The lowest BCUT2D eigenvalue weighted by Crippen LogP contribution is -2.64. The standard InChI is InChI=1S/C23H28N4O6/c1-22(2,3)33-21(32)25-11-23(12-25)8-13(9-23)26-7-6-14-15(20(26)31)10-27(19(14)30)16-4-5-17(28)24-18(16)29/h6-7,13,16H,4-5,8-12H2,1-3H3,(H,24,28,29). The maximum absolute atomic E-state index is 13.2. The van der Waals surface area contributed by atoms with Gasteiger partial charge in [-0.1, -0.05) is 0 Å². The Balaban J connectivity index is 1.25. The molecule has 5 rings (SSSR count). The van der Waals surface area contributed by atoms with Crippen molar-refractivity contribution in [3.05, 3.63) is 33.7 Å². The number of fused-ring (bicyclic) bond motifs is 1. The monoisotopic (exact) mass is 456 g/mol. The lowest BCUT2D eigenvalue weighted by Gasteiger charge is -2.58. The Kier molecular flexibility index (Phi) is 4.70. The van der Waals surface area contributed by atoms with Crippen molar-refractivity contribution in [3.63, 3.8) is 0 Å². The van der Waals surface area contributed by atoms with Gasteiger partial charge in [-0.3, -0.25) is 24.5 Å². The summed E-state index contributed by atoms with van der Waals surface area (Å²) in [6.45, 7) is 6.84. The third kappa shape index (κ3) is 3.61. The van der Waals surface area contributed by atoms with E-state index in [2.05, 4.69) is 5.32 Å². The Bertz CT molecular complexity index is 1120. The second-order valence-electron chi connectivity index (χ2n) is 10.7. The summed E-state index contributed by atoms with van der Waals surface area (Å²) in [7, 11) is 0. The topological polar surface area (TPSA) is 118 Å². The Labute approximate surface area is 190 Å². The van der Waals surface area contributed by atoms with Crippen LogP contribution in [-0.2, 0) is 20.9 Å². The van der Waals surface area contributed by atoms with Crippen molar-refractivity contribution in [2.45, 2.75) is 70.7 Å². The molecule has 4 amide bonds. The Morgan fingerprint density at radius 3 is 2.48 bits per heavy atom. The lowest BCUT2D eigenvalue weighted by atomic mass is 9.60. The van der Waals surface area contributed by atoms with Gasteiger partial charge in [-0.15, -0.1) is 0 Å². The van der Waals surface area contributed by atoms with Gasteiger partial charge in [0.25, 0.3) is 11.5 Å². The zero-order valence-electron chi connectivity index (χ0n) is 19.1. The molecular weight excluding hydrogens is 428 g/mol. The van der Waals surface area contributed by atoms with E-state index in [4.69, 9.17) is 4.74 Å². The van der Waals surface area contributed by atoms with E-state index in [9.17, 15) is 24.0 Å². The molecular formula is C23H28N4O6. The highest BCUT2D eigenvalue weighted by Gasteiger charge is 2.55. The zero-order chi connectivity index (χ0) is 23.7. The van der Waals surface area contributed by atoms with Crippen molar-refractivity contribution < 1.29 is 23.9 Å². The van der Waals surface area contributed by atoms with Gasteiger partial charge in [0.05, 0.1) is 12.1 Å². The molecule has 1 saturated carbocycles. The third-order valence-electron chi connectivity index (χ3n) is 7.06. The number of amides is 4. The molecule has 2 saturated heterocycles. The summed E-state index contributed by atoms with van der Waals surface area (Å²) < 4.78 is 7.10. The predicted molar refractivity (Wildman–Crippen MR) is 115 cm³/mol. The van der Waals surface area contributed by atoms with Crippen LogP contribution in [0.4, 0.5) is 4.79 Å². The minimum atomic E-state index is -0.740. The summed E-state index contributed by atoms with van der Waals surface area (Å²) in [5.74, 6) is -1.18. The summed E-state index contributed by atoms with van der Waals surface area (Å²) >= 11 is 0. The number of imide groups is 1. The number of piperidine rings is 1. The summed E-state index contributed by atoms with van der Waals surface area (Å²) in [6.07, 6.45) is 3.36. The molecule has 1 aromatic rings. The van der Waals surface area contributed by atoms with E-state index in [1.165, 1.54) is 4.90 Å². The van der Waals surface area contributed by atoms with Crippen molar-refractivity contribution in [3.8, 4) is 0 Å². The molecule has 0 bridgehead atoms. The molecule has 4 aliphatic rings. The molecule has 1 atom stereocenters. The first kappa shape index (κ1) is 21.7. The molecule has 176 valence electrons. The second kappa shape index (κ2) is 7.16. The summed E-state index contributed by atoms with van der Waals surface area (Å²) in [5.41, 5.74) is 0.0127. The van der Waals surface area contributed by atoms with Crippen LogP contribution < -0.4 is 10.9 Å². The molecule has 1 aliphatic carbocycles. The molecule has 0 aromatic carbocycles. The van der Waals surface area contributed by atoms with E-state index in [1.807, 2.05) is 20.8 Å². The molecule has 0 radical (unpaired) electrons. The number of carbonyl (C=O) groups is 4. The Morgan fingerprint density at radius 1 is 1.15 bits per heavy atom. The van der Waals surface area contributed by atoms with Crippen LogP contribution >= 0.6 is 0 Å². The maximum atomic E-state index is 13.2. The smallest absolute Gasteiger partial charge is 0.410 e. The van der Waals surface area contributed by atoms with Gasteiger partial charge in [-0.25, -0.2) is 4.79 Å². The van der Waals surface area contributed by atoms with Crippen LogP contribution in [0, 0.1) is 5.41 Å². The molecule has 1 unspecified atom stereocenters. The number of carbonyl (C=O) groups excluding carboxylic acids is 4. The van der Waals surface area contributed by atoms with Crippen LogP contribution in [0.25, 0.3) is 0 Å². The van der Waals surface area contributed by atoms with Gasteiger partial charge in [-0.05, 0) is 46.1 Å². The largest absolute Gasteiger partial charge is 0.444 e. The lowest BCUT2D eigenvalue weighted by molar-refractivity contribution is -0.136. The Hall–Kier alpha value is -3.17. The van der Waals surface area contributed by atoms with E-state index in [1.54, 1.807) is 21.7 Å². The number of nitrogens with zero attached hydrogens (tertiary/aromatic N) is 3. The maximum Gasteiger partial charge on any atom is 0.410 e. The zero-order valence-corrected chi connectivity index (χ0v) is 19.1. The van der Waals surface area contributed by atoms with Crippen LogP contribution in [0.3, 0.4) is 0 Å². The van der Waals surface area contributed by atoms with Crippen molar-refractivity contribution >= 4 is 23.8 Å². The van der Waals surface area contributed by atoms with Crippen molar-refractivity contribution in [2.75, 3.05) is 13.1 Å². The fourth-order valence-electron chi connectivity index (χ4n) is 5.48. The van der Waals surface area contributed by atoms with Crippen LogP contribution in [0.15, 0.2) is 17.1 Å². The number of hydrogen-bond donors (Lipinski definition) is 1. The summed E-state index contributed by atoms with van der Waals surface area (Å²) in [6, 6.07) is 0.934. The average Bonchev–Trinajstić information content (AvgIpc) is 2.97. The van der Waals surface area contributed by atoms with Crippen LogP contribution in [0.2, 0.25) is 0 Å². The molecule has 33 heavy (non-hydrogen) atoms. The highest BCUT2D eigenvalue weighted by molar-refractivity contribution is 6.05. The van der Waals surface area contributed by atoms with E-state index in [-0.39, 0.29) is 54.3 Å². The number of ether oxygens (including phenoxy) is 1. The minimum absolute atomic E-state index is 0.0170. The SMILES string of the molecule is CC(C)(C)OC(=O)N1CC2(CC(n3ccc4c(c3=O)CN(C3CCC(=O)NC3=O)C4=O)C2)C1. The normalized spacial score (nSPS) is 24.3. The Morgan fingerprint density at radius 2 is 1.85 bits per heavy atom. The average molecular weight is 456 g/mol. The molecule has 1 N–H and O–H groups in total. The fourth-order valence-corrected chi connectivity index (χ4v) is 5.48. The predicted octanol–water partition coefficient (Wildman–Crippen LogP) is 1.18. The van der Waals surface area contributed by atoms with Gasteiger partial charge in [0.15, 0.2) is 0 Å². The first-order valence-electron chi connectivity index (χ1n) is 11.3. The fraction of sp³-hybridized carbons (Fsp3) is 0.609. The number of aromatic nitrogens is 1. The minimum Gasteiger partial charge on any atom is -0.444 e. The van der Waals surface area contributed by atoms with E-state index in [0.717, 1.165) is 12.8 Å². The first-order chi connectivity index (χ1) is 15.5. The summed E-state index contributed by atoms with van der Waals surface area (Å²) in [4.78, 5) is 65.0. The van der Waals surface area contributed by atoms with Crippen LogP contribution in [-0.4, -0.2) is 62.9 Å². The molecule has 1 spiro atoms.